The van der Waals surface area contributed by atoms with E-state index >= 15 is 0 Å². The number of rotatable bonds is 2. The van der Waals surface area contributed by atoms with Crippen LogP contribution < -0.4 is 5.32 Å². The molecule has 2 atom stereocenters. The van der Waals surface area contributed by atoms with Crippen molar-refractivity contribution < 1.29 is 0 Å². The third-order valence-corrected chi connectivity index (χ3v) is 6.50. The first kappa shape index (κ1) is 16.3. The van der Waals surface area contributed by atoms with Gasteiger partial charge < -0.3 is 15.1 Å². The first-order valence-corrected chi connectivity index (χ1v) is 9.55. The highest BCUT2D eigenvalue weighted by atomic mass is 15.1. The lowest BCUT2D eigenvalue weighted by atomic mass is 9.59. The summed E-state index contributed by atoms with van der Waals surface area (Å²) in [6.07, 6.45) is 8.65. The van der Waals surface area contributed by atoms with E-state index in [4.69, 9.17) is 0 Å². The Morgan fingerprint density at radius 1 is 1.08 bits per heavy atom. The van der Waals surface area contributed by atoms with Gasteiger partial charge in [-0.2, -0.15) is 0 Å². The zero-order valence-electron chi connectivity index (χ0n) is 15.2. The Bertz CT molecular complexity index is 603. The Balaban J connectivity index is 1.81. The summed E-state index contributed by atoms with van der Waals surface area (Å²) in [4.78, 5) is 5.04. The molecule has 0 amide bonds. The number of hydrogen-bond acceptors (Lipinski definition) is 3. The molecule has 1 saturated heterocycles. The van der Waals surface area contributed by atoms with Crippen molar-refractivity contribution in [2.75, 3.05) is 40.3 Å². The van der Waals surface area contributed by atoms with Gasteiger partial charge in [-0.25, -0.2) is 0 Å². The second kappa shape index (κ2) is 6.62. The van der Waals surface area contributed by atoms with Gasteiger partial charge >= 0.3 is 0 Å². The quantitative estimate of drug-likeness (QED) is 0.843. The van der Waals surface area contributed by atoms with E-state index in [9.17, 15) is 0 Å². The van der Waals surface area contributed by atoms with Crippen LogP contribution in [0.3, 0.4) is 0 Å². The number of nitrogens with zero attached hydrogens (tertiary/aromatic N) is 2. The smallest absolute Gasteiger partial charge is 0.0362 e. The maximum Gasteiger partial charge on any atom is 0.0362 e. The molecule has 0 bridgehead atoms. The molecule has 2 unspecified atom stereocenters. The largest absolute Gasteiger partial charge is 0.309 e. The van der Waals surface area contributed by atoms with Gasteiger partial charge in [-0.1, -0.05) is 36.4 Å². The fourth-order valence-electron chi connectivity index (χ4n) is 5.36. The lowest BCUT2D eigenvalue weighted by Gasteiger charge is -2.54. The minimum Gasteiger partial charge on any atom is -0.309 e. The van der Waals surface area contributed by atoms with Crippen LogP contribution in [0.2, 0.25) is 0 Å². The molecule has 1 N–H and O–H groups in total. The summed E-state index contributed by atoms with van der Waals surface area (Å²) in [6, 6.07) is 9.69. The van der Waals surface area contributed by atoms with Crippen molar-refractivity contribution in [3.8, 4) is 0 Å². The van der Waals surface area contributed by atoms with Gasteiger partial charge in [0.2, 0.25) is 0 Å². The fraction of sp³-hybridized carbons (Fsp3) is 0.619. The van der Waals surface area contributed by atoms with E-state index in [1.807, 2.05) is 0 Å². The van der Waals surface area contributed by atoms with Crippen LogP contribution in [0.4, 0.5) is 0 Å². The molecule has 1 aromatic carbocycles. The summed E-state index contributed by atoms with van der Waals surface area (Å²) in [5.41, 5.74) is 3.36. The fourth-order valence-corrected chi connectivity index (χ4v) is 5.36. The Morgan fingerprint density at radius 2 is 1.88 bits per heavy atom. The predicted octanol–water partition coefficient (Wildman–Crippen LogP) is 2.63. The summed E-state index contributed by atoms with van der Waals surface area (Å²) in [6.45, 7) is 5.83. The highest BCUT2D eigenvalue weighted by Crippen LogP contribution is 2.46. The second-order valence-corrected chi connectivity index (χ2v) is 8.10. The number of likely N-dealkylation sites (N-methyl/N-ethyl adjacent to an activating group) is 1. The number of fused-ring (bicyclic) bond motifs is 1. The van der Waals surface area contributed by atoms with Crippen LogP contribution in [-0.4, -0.2) is 56.1 Å². The molecule has 0 radical (unpaired) electrons. The van der Waals surface area contributed by atoms with Crippen LogP contribution in [0, 0.1) is 5.92 Å². The molecular formula is C21H31N3. The minimum atomic E-state index is 0.210. The summed E-state index contributed by atoms with van der Waals surface area (Å²) < 4.78 is 0. The summed E-state index contributed by atoms with van der Waals surface area (Å²) in [7, 11) is 4.56. The molecular weight excluding hydrogens is 294 g/mol. The normalized spacial score (nSPS) is 32.7. The van der Waals surface area contributed by atoms with E-state index < -0.39 is 0 Å². The van der Waals surface area contributed by atoms with Crippen molar-refractivity contribution in [1.29, 1.82) is 0 Å². The Morgan fingerprint density at radius 3 is 2.62 bits per heavy atom. The van der Waals surface area contributed by atoms with E-state index in [0.717, 1.165) is 25.4 Å². The van der Waals surface area contributed by atoms with E-state index in [1.54, 1.807) is 5.56 Å². The highest BCUT2D eigenvalue weighted by Gasteiger charge is 2.49. The van der Waals surface area contributed by atoms with Crippen molar-refractivity contribution in [3.63, 3.8) is 0 Å². The third kappa shape index (κ3) is 2.73. The number of nitrogens with one attached hydrogen (secondary N) is 1. The number of hydrogen-bond donors (Lipinski definition) is 1. The van der Waals surface area contributed by atoms with Gasteiger partial charge in [-0.05, 0) is 70.0 Å². The minimum absolute atomic E-state index is 0.210. The molecule has 0 spiro atoms. The Hall–Kier alpha value is -1.16. The van der Waals surface area contributed by atoms with Crippen molar-refractivity contribution in [1.82, 2.24) is 15.1 Å². The van der Waals surface area contributed by atoms with Crippen LogP contribution in [-0.2, 0) is 12.0 Å². The summed E-state index contributed by atoms with van der Waals surface area (Å²) in [5, 5.41) is 3.87. The topological polar surface area (TPSA) is 18.5 Å². The molecule has 3 heteroatoms. The first-order valence-electron chi connectivity index (χ1n) is 9.55. The molecule has 130 valence electrons. The number of benzene rings is 1. The average molecular weight is 326 g/mol. The average Bonchev–Trinajstić information content (AvgIpc) is 2.62. The predicted molar refractivity (Wildman–Crippen MR) is 100 cm³/mol. The molecule has 1 fully saturated rings. The van der Waals surface area contributed by atoms with Crippen molar-refractivity contribution in [2.45, 2.75) is 37.3 Å². The van der Waals surface area contributed by atoms with E-state index in [2.05, 4.69) is 65.6 Å². The van der Waals surface area contributed by atoms with Gasteiger partial charge in [0.1, 0.15) is 0 Å². The van der Waals surface area contributed by atoms with Crippen molar-refractivity contribution >= 4 is 0 Å². The first-order chi connectivity index (χ1) is 11.7. The van der Waals surface area contributed by atoms with Gasteiger partial charge in [0.25, 0.3) is 0 Å². The van der Waals surface area contributed by atoms with Gasteiger partial charge in [0.15, 0.2) is 0 Å². The summed E-state index contributed by atoms with van der Waals surface area (Å²) >= 11 is 0. The van der Waals surface area contributed by atoms with Crippen LogP contribution in [0.5, 0.6) is 0 Å². The summed E-state index contributed by atoms with van der Waals surface area (Å²) in [5.74, 6) is 0.748. The van der Waals surface area contributed by atoms with E-state index in [-0.39, 0.29) is 5.41 Å². The highest BCUT2D eigenvalue weighted by molar-refractivity contribution is 5.41. The zero-order valence-corrected chi connectivity index (χ0v) is 15.2. The molecule has 0 aromatic heterocycles. The van der Waals surface area contributed by atoms with Crippen LogP contribution in [0.25, 0.3) is 0 Å². The molecule has 1 aromatic rings. The third-order valence-electron chi connectivity index (χ3n) is 6.50. The van der Waals surface area contributed by atoms with Crippen LogP contribution >= 0.6 is 0 Å². The van der Waals surface area contributed by atoms with Gasteiger partial charge in [-0.3, -0.25) is 0 Å². The second-order valence-electron chi connectivity index (χ2n) is 8.10. The van der Waals surface area contributed by atoms with Gasteiger partial charge in [0, 0.05) is 24.5 Å². The van der Waals surface area contributed by atoms with E-state index in [1.165, 1.54) is 38.0 Å². The van der Waals surface area contributed by atoms with Gasteiger partial charge in [-0.15, -0.1) is 0 Å². The molecule has 0 saturated carbocycles. The van der Waals surface area contributed by atoms with Gasteiger partial charge in [0.05, 0.1) is 0 Å². The van der Waals surface area contributed by atoms with Crippen molar-refractivity contribution in [2.24, 2.45) is 5.92 Å². The maximum absolute atomic E-state index is 3.87. The molecule has 24 heavy (non-hydrogen) atoms. The monoisotopic (exact) mass is 325 g/mol. The lowest BCUT2D eigenvalue weighted by molar-refractivity contribution is 0.0770. The number of piperidine rings is 1. The van der Waals surface area contributed by atoms with Crippen LogP contribution in [0.15, 0.2) is 36.4 Å². The lowest BCUT2D eigenvalue weighted by Crippen LogP contribution is -2.61. The maximum atomic E-state index is 3.87. The Labute approximate surface area is 146 Å². The molecule has 3 aliphatic rings. The van der Waals surface area contributed by atoms with Crippen LogP contribution in [0.1, 0.15) is 30.4 Å². The Kier molecular flexibility index (Phi) is 4.50. The van der Waals surface area contributed by atoms with E-state index in [0.29, 0.717) is 6.04 Å². The molecule has 4 rings (SSSR count). The standard InChI is InChI=1S/C21H31N3/c1-23-13-10-18(11-14-23)21(20-9-5-6-12-22-20)16-24(2)15-17-7-3-4-8-19(17)21/h3-5,7-9,18,20,22H,6,10-16H2,1-2H3. The molecule has 3 heterocycles. The zero-order chi connectivity index (χ0) is 16.6. The van der Waals surface area contributed by atoms with Crippen molar-refractivity contribution in [3.05, 3.63) is 47.5 Å². The molecule has 0 aliphatic carbocycles. The molecule has 3 aliphatic heterocycles. The number of likely N-dealkylation sites (tertiary alicyclic amines) is 1. The SMILES string of the molecule is CN1CCC(C2(C3C=CCCN3)CN(C)Cc3ccccc32)CC1. The molecule has 3 nitrogen and oxygen atoms in total.